The summed E-state index contributed by atoms with van der Waals surface area (Å²) in [5.74, 6) is -1.30. The molecule has 5 nitrogen and oxygen atoms in total. The van der Waals surface area contributed by atoms with Gasteiger partial charge in [0.25, 0.3) is 0 Å². The highest BCUT2D eigenvalue weighted by Crippen LogP contribution is 2.21. The van der Waals surface area contributed by atoms with Crippen LogP contribution in [0.1, 0.15) is 28.6 Å². The lowest BCUT2D eigenvalue weighted by molar-refractivity contribution is -0.147. The Balaban J connectivity index is 1.74. The van der Waals surface area contributed by atoms with E-state index in [1.807, 2.05) is 37.3 Å². The molecule has 7 heteroatoms. The van der Waals surface area contributed by atoms with Crippen LogP contribution in [-0.2, 0) is 14.3 Å². The summed E-state index contributed by atoms with van der Waals surface area (Å²) in [5, 5.41) is 11.4. The molecule has 0 bridgehead atoms. The summed E-state index contributed by atoms with van der Waals surface area (Å²) in [6.45, 7) is 3.42. The number of ether oxygens (including phenoxy) is 1. The number of rotatable bonds is 8. The first-order valence-electron chi connectivity index (χ1n) is 7.69. The van der Waals surface area contributed by atoms with Gasteiger partial charge in [-0.3, -0.25) is 9.59 Å². The zero-order valence-corrected chi connectivity index (χ0v) is 15.7. The zero-order valence-electron chi connectivity index (χ0n) is 14.0. The summed E-state index contributed by atoms with van der Waals surface area (Å²) in [6, 6.07) is 9.96. The van der Waals surface area contributed by atoms with Crippen LogP contribution in [-0.4, -0.2) is 29.1 Å². The molecule has 2 rings (SSSR count). The van der Waals surface area contributed by atoms with Crippen molar-refractivity contribution in [2.24, 2.45) is 0 Å². The van der Waals surface area contributed by atoms with Gasteiger partial charge in [-0.1, -0.05) is 17.7 Å². The highest BCUT2D eigenvalue weighted by Gasteiger charge is 2.24. The van der Waals surface area contributed by atoms with Gasteiger partial charge < -0.3 is 4.74 Å². The maximum atomic E-state index is 12.1. The number of carbonyl (C=O) groups is 2. The van der Waals surface area contributed by atoms with Crippen LogP contribution < -0.4 is 0 Å². The first-order chi connectivity index (χ1) is 12.0. The Morgan fingerprint density at radius 2 is 2.04 bits per heavy atom. The second kappa shape index (κ2) is 9.35. The van der Waals surface area contributed by atoms with Gasteiger partial charge in [0, 0.05) is 21.7 Å². The molecule has 1 heterocycles. The third kappa shape index (κ3) is 6.00. The average molecular weight is 374 g/mol. The van der Waals surface area contributed by atoms with Crippen molar-refractivity contribution in [1.29, 1.82) is 5.26 Å². The maximum absolute atomic E-state index is 12.1. The monoisotopic (exact) mass is 374 g/mol. The number of benzene rings is 1. The van der Waals surface area contributed by atoms with E-state index in [2.05, 4.69) is 4.98 Å². The summed E-state index contributed by atoms with van der Waals surface area (Å²) in [4.78, 5) is 29.1. The van der Waals surface area contributed by atoms with Crippen molar-refractivity contribution in [2.45, 2.75) is 31.1 Å². The van der Waals surface area contributed by atoms with E-state index >= 15 is 0 Å². The molecule has 0 N–H and O–H groups in total. The summed E-state index contributed by atoms with van der Waals surface area (Å²) in [6.07, 6.45) is 0.208. The number of aryl methyl sites for hydroxylation is 2. The van der Waals surface area contributed by atoms with Crippen molar-refractivity contribution in [3.63, 3.8) is 0 Å². The number of hydrogen-bond donors (Lipinski definition) is 0. The van der Waals surface area contributed by atoms with Crippen LogP contribution in [0, 0.1) is 25.2 Å². The van der Waals surface area contributed by atoms with Crippen LogP contribution in [0.25, 0.3) is 0 Å². The van der Waals surface area contributed by atoms with Gasteiger partial charge in [0.15, 0.2) is 18.3 Å². The van der Waals surface area contributed by atoms with Gasteiger partial charge in [-0.15, -0.1) is 23.1 Å². The number of nitriles is 1. The third-order valence-corrected chi connectivity index (χ3v) is 5.35. The van der Waals surface area contributed by atoms with Gasteiger partial charge in [0.2, 0.25) is 0 Å². The van der Waals surface area contributed by atoms with Gasteiger partial charge >= 0.3 is 5.97 Å². The smallest absolute Gasteiger partial charge is 0.307 e. The highest BCUT2D eigenvalue weighted by molar-refractivity contribution is 7.99. The fourth-order valence-electron chi connectivity index (χ4n) is 1.96. The molecule has 0 saturated heterocycles. The fourth-order valence-corrected chi connectivity index (χ4v) is 3.66. The Morgan fingerprint density at radius 1 is 1.32 bits per heavy atom. The van der Waals surface area contributed by atoms with Crippen molar-refractivity contribution in [2.75, 3.05) is 12.4 Å². The van der Waals surface area contributed by atoms with E-state index in [1.54, 1.807) is 24.1 Å². The van der Waals surface area contributed by atoms with Crippen LogP contribution in [0.5, 0.6) is 0 Å². The van der Waals surface area contributed by atoms with Gasteiger partial charge in [0.05, 0.1) is 12.5 Å². The third-order valence-electron chi connectivity index (χ3n) is 3.31. The highest BCUT2D eigenvalue weighted by atomic mass is 32.2. The first kappa shape index (κ1) is 19.2. The molecule has 0 aliphatic heterocycles. The molecule has 0 spiro atoms. The molecule has 1 atom stereocenters. The Hall–Kier alpha value is -2.17. The van der Waals surface area contributed by atoms with E-state index in [0.717, 1.165) is 10.6 Å². The molecule has 0 aliphatic rings. The predicted octanol–water partition coefficient (Wildman–Crippen LogP) is 3.66. The standard InChI is InChI=1S/C18H18N2O3S2/c1-12-3-5-14(6-4-12)24-8-7-17(22)23-10-16(21)15(9-19)18-20-13(2)11-25-18/h3-6,11,15H,7-8,10H2,1-2H3/t15-/m1/s1. The number of thiazole rings is 1. The lowest BCUT2D eigenvalue weighted by Crippen LogP contribution is -2.20. The number of aromatic nitrogens is 1. The van der Waals surface area contributed by atoms with Crippen LogP contribution in [0.15, 0.2) is 34.5 Å². The fraction of sp³-hybridized carbons (Fsp3) is 0.333. The van der Waals surface area contributed by atoms with E-state index in [4.69, 9.17) is 10.00 Å². The number of Topliss-reactive ketones (excluding diaryl/α,β-unsaturated/α-hetero) is 1. The second-order valence-corrected chi connectivity index (χ2v) is 7.49. The van der Waals surface area contributed by atoms with Crippen LogP contribution in [0.4, 0.5) is 0 Å². The molecule has 1 aromatic heterocycles. The number of thioether (sulfide) groups is 1. The topological polar surface area (TPSA) is 80.0 Å². The van der Waals surface area contributed by atoms with E-state index in [9.17, 15) is 9.59 Å². The molecule has 0 unspecified atom stereocenters. The average Bonchev–Trinajstić information content (AvgIpc) is 3.01. The molecule has 25 heavy (non-hydrogen) atoms. The van der Waals surface area contributed by atoms with Crippen LogP contribution in [0.3, 0.4) is 0 Å². The Labute approximate surface area is 155 Å². The number of hydrogen-bond acceptors (Lipinski definition) is 7. The van der Waals surface area contributed by atoms with E-state index in [1.165, 1.54) is 16.9 Å². The van der Waals surface area contributed by atoms with Crippen LogP contribution >= 0.6 is 23.1 Å². The van der Waals surface area contributed by atoms with E-state index in [0.29, 0.717) is 10.8 Å². The Kier molecular flexibility index (Phi) is 7.16. The van der Waals surface area contributed by atoms with Gasteiger partial charge in [-0.2, -0.15) is 5.26 Å². The molecular formula is C18H18N2O3S2. The maximum Gasteiger partial charge on any atom is 0.307 e. The first-order valence-corrected chi connectivity index (χ1v) is 9.55. The molecule has 2 aromatic rings. The summed E-state index contributed by atoms with van der Waals surface area (Å²) in [5.41, 5.74) is 1.95. The summed E-state index contributed by atoms with van der Waals surface area (Å²) < 4.78 is 5.00. The van der Waals surface area contributed by atoms with Crippen molar-refractivity contribution in [3.05, 3.63) is 45.9 Å². The number of ketones is 1. The Morgan fingerprint density at radius 3 is 2.64 bits per heavy atom. The minimum Gasteiger partial charge on any atom is -0.458 e. The predicted molar refractivity (Wildman–Crippen MR) is 97.7 cm³/mol. The molecule has 0 fully saturated rings. The largest absolute Gasteiger partial charge is 0.458 e. The minimum atomic E-state index is -0.978. The lowest BCUT2D eigenvalue weighted by atomic mass is 10.1. The molecular weight excluding hydrogens is 356 g/mol. The number of carbonyl (C=O) groups excluding carboxylic acids is 2. The van der Waals surface area contributed by atoms with Crippen molar-refractivity contribution in [3.8, 4) is 6.07 Å². The molecule has 130 valence electrons. The van der Waals surface area contributed by atoms with Gasteiger partial charge in [-0.05, 0) is 26.0 Å². The number of nitrogens with zero attached hydrogens (tertiary/aromatic N) is 2. The van der Waals surface area contributed by atoms with Crippen LogP contribution in [0.2, 0.25) is 0 Å². The minimum absolute atomic E-state index is 0.208. The van der Waals surface area contributed by atoms with Crippen molar-refractivity contribution >= 4 is 34.9 Å². The Bertz CT molecular complexity index is 778. The molecule has 0 amide bonds. The summed E-state index contributed by atoms with van der Waals surface area (Å²) in [7, 11) is 0. The number of esters is 1. The lowest BCUT2D eigenvalue weighted by Gasteiger charge is -2.07. The van der Waals surface area contributed by atoms with Gasteiger partial charge in [0.1, 0.15) is 5.01 Å². The SMILES string of the molecule is Cc1ccc(SCCC(=O)OCC(=O)[C@@H](C#N)c2nc(C)cs2)cc1. The second-order valence-electron chi connectivity index (χ2n) is 5.43. The van der Waals surface area contributed by atoms with Crippen molar-refractivity contribution < 1.29 is 14.3 Å². The van der Waals surface area contributed by atoms with Crippen molar-refractivity contribution in [1.82, 2.24) is 4.98 Å². The molecule has 0 saturated carbocycles. The quantitative estimate of drug-likeness (QED) is 0.518. The normalized spacial score (nSPS) is 11.6. The van der Waals surface area contributed by atoms with E-state index in [-0.39, 0.29) is 6.42 Å². The molecule has 0 radical (unpaired) electrons. The molecule has 0 aliphatic carbocycles. The summed E-state index contributed by atoms with van der Waals surface area (Å²) >= 11 is 2.81. The van der Waals surface area contributed by atoms with Gasteiger partial charge in [-0.25, -0.2) is 4.98 Å². The molecule has 1 aromatic carbocycles. The van der Waals surface area contributed by atoms with E-state index < -0.39 is 24.3 Å². The zero-order chi connectivity index (χ0) is 18.2.